The van der Waals surface area contributed by atoms with Crippen LogP contribution in [-0.2, 0) is 6.54 Å². The Hall–Kier alpha value is -0.740. The zero-order valence-corrected chi connectivity index (χ0v) is 8.32. The van der Waals surface area contributed by atoms with Crippen molar-refractivity contribution in [2.45, 2.75) is 11.4 Å². The van der Waals surface area contributed by atoms with E-state index >= 15 is 0 Å². The van der Waals surface area contributed by atoms with Crippen LogP contribution in [0.5, 0.6) is 5.75 Å². The van der Waals surface area contributed by atoms with E-state index in [1.807, 2.05) is 11.4 Å². The predicted octanol–water partition coefficient (Wildman–Crippen LogP) is 2.29. The fourth-order valence-electron chi connectivity index (χ4n) is 1.46. The first-order chi connectivity index (χ1) is 6.22. The third-order valence-electron chi connectivity index (χ3n) is 2.01. The molecule has 1 aliphatic heterocycles. The first kappa shape index (κ1) is 8.84. The molecule has 2 nitrogen and oxygen atoms in total. The Morgan fingerprint density at radius 1 is 1.54 bits per heavy atom. The Bertz CT molecular complexity index is 343. The molecule has 0 bridgehead atoms. The van der Waals surface area contributed by atoms with Crippen molar-refractivity contribution >= 4 is 11.9 Å². The number of ether oxygens (including phenoxy) is 1. The minimum atomic E-state index is -0.280. The summed E-state index contributed by atoms with van der Waals surface area (Å²) in [6.45, 7) is 0.737. The average molecular weight is 199 g/mol. The Balaban J connectivity index is 2.52. The third kappa shape index (κ3) is 1.40. The number of nitrogens with zero attached hydrogens (tertiary/aromatic N) is 1. The molecule has 13 heavy (non-hydrogen) atoms. The second kappa shape index (κ2) is 3.20. The number of hydrogen-bond donors (Lipinski definition) is 0. The highest BCUT2D eigenvalue weighted by Crippen LogP contribution is 2.40. The number of fused-ring (bicyclic) bond motifs is 1. The van der Waals surface area contributed by atoms with Crippen molar-refractivity contribution in [2.24, 2.45) is 0 Å². The van der Waals surface area contributed by atoms with Crippen LogP contribution in [0.25, 0.3) is 0 Å². The standard InChI is InChI=1S/C9H10FNOS/c1-11-5-6-8(13-11)4-3-7(10)9(6)12-2/h3-4H,5H2,1-2H3. The van der Waals surface area contributed by atoms with E-state index in [4.69, 9.17) is 4.74 Å². The Kier molecular flexibility index (Phi) is 2.17. The van der Waals surface area contributed by atoms with E-state index < -0.39 is 0 Å². The van der Waals surface area contributed by atoms with Crippen molar-refractivity contribution in [1.82, 2.24) is 4.31 Å². The van der Waals surface area contributed by atoms with Crippen LogP contribution in [-0.4, -0.2) is 18.5 Å². The lowest BCUT2D eigenvalue weighted by atomic mass is 10.2. The maximum Gasteiger partial charge on any atom is 0.165 e. The van der Waals surface area contributed by atoms with Gasteiger partial charge in [0.25, 0.3) is 0 Å². The van der Waals surface area contributed by atoms with Gasteiger partial charge in [-0.25, -0.2) is 8.70 Å². The molecule has 0 N–H and O–H groups in total. The summed E-state index contributed by atoms with van der Waals surface area (Å²) in [7, 11) is 3.48. The largest absolute Gasteiger partial charge is 0.493 e. The van der Waals surface area contributed by atoms with E-state index in [1.165, 1.54) is 13.2 Å². The molecule has 1 aliphatic rings. The van der Waals surface area contributed by atoms with Crippen LogP contribution in [0.15, 0.2) is 17.0 Å². The lowest BCUT2D eigenvalue weighted by Crippen LogP contribution is -2.01. The monoisotopic (exact) mass is 199 g/mol. The van der Waals surface area contributed by atoms with Gasteiger partial charge >= 0.3 is 0 Å². The molecule has 1 aromatic rings. The van der Waals surface area contributed by atoms with Gasteiger partial charge in [-0.2, -0.15) is 0 Å². The average Bonchev–Trinajstić information content (AvgIpc) is 2.45. The lowest BCUT2D eigenvalue weighted by Gasteiger charge is -2.06. The number of halogens is 1. The van der Waals surface area contributed by atoms with E-state index in [0.29, 0.717) is 5.75 Å². The minimum absolute atomic E-state index is 0.280. The maximum absolute atomic E-state index is 13.2. The number of rotatable bonds is 1. The topological polar surface area (TPSA) is 12.5 Å². The summed E-state index contributed by atoms with van der Waals surface area (Å²) in [4.78, 5) is 1.08. The molecule has 0 saturated carbocycles. The highest BCUT2D eigenvalue weighted by Gasteiger charge is 2.22. The summed E-state index contributed by atoms with van der Waals surface area (Å²) in [6.07, 6.45) is 0. The van der Waals surface area contributed by atoms with Crippen LogP contribution in [0, 0.1) is 5.82 Å². The van der Waals surface area contributed by atoms with Gasteiger partial charge in [-0.3, -0.25) is 0 Å². The van der Waals surface area contributed by atoms with Crippen molar-refractivity contribution in [3.8, 4) is 5.75 Å². The molecule has 2 rings (SSSR count). The zero-order valence-electron chi connectivity index (χ0n) is 7.50. The number of benzene rings is 1. The van der Waals surface area contributed by atoms with Gasteiger partial charge in [0, 0.05) is 17.0 Å². The fraction of sp³-hybridized carbons (Fsp3) is 0.333. The SMILES string of the molecule is COc1c(F)ccc2c1CN(C)S2. The normalized spacial score (nSPS) is 15.9. The van der Waals surface area contributed by atoms with E-state index in [9.17, 15) is 4.39 Å². The first-order valence-corrected chi connectivity index (χ1v) is 4.74. The summed E-state index contributed by atoms with van der Waals surface area (Å²) in [5.74, 6) is 0.103. The first-order valence-electron chi connectivity index (χ1n) is 3.97. The van der Waals surface area contributed by atoms with Crippen molar-refractivity contribution in [3.63, 3.8) is 0 Å². The molecule has 0 aliphatic carbocycles. The van der Waals surface area contributed by atoms with Crippen LogP contribution in [0.1, 0.15) is 5.56 Å². The van der Waals surface area contributed by atoms with Crippen LogP contribution in [0.2, 0.25) is 0 Å². The van der Waals surface area contributed by atoms with Gasteiger partial charge in [0.2, 0.25) is 0 Å². The second-order valence-electron chi connectivity index (χ2n) is 2.93. The molecule has 0 unspecified atom stereocenters. The smallest absolute Gasteiger partial charge is 0.165 e. The van der Waals surface area contributed by atoms with Gasteiger partial charge in [0.1, 0.15) is 0 Å². The molecule has 0 radical (unpaired) electrons. The molecule has 4 heteroatoms. The molecule has 1 aromatic carbocycles. The molecule has 0 aromatic heterocycles. The van der Waals surface area contributed by atoms with Crippen LogP contribution < -0.4 is 4.74 Å². The van der Waals surface area contributed by atoms with E-state index in [-0.39, 0.29) is 5.82 Å². The van der Waals surface area contributed by atoms with E-state index in [1.54, 1.807) is 18.0 Å². The van der Waals surface area contributed by atoms with Crippen molar-refractivity contribution in [1.29, 1.82) is 0 Å². The number of methoxy groups -OCH3 is 1. The Morgan fingerprint density at radius 3 is 3.00 bits per heavy atom. The molecule has 0 fully saturated rings. The molecule has 0 amide bonds. The maximum atomic E-state index is 13.2. The summed E-state index contributed by atoms with van der Waals surface area (Å²) in [5, 5.41) is 0. The zero-order chi connectivity index (χ0) is 9.42. The third-order valence-corrected chi connectivity index (χ3v) is 3.03. The Labute approximate surface area is 80.8 Å². The molecule has 0 atom stereocenters. The summed E-state index contributed by atoms with van der Waals surface area (Å²) < 4.78 is 20.3. The molecular formula is C9H10FNOS. The van der Waals surface area contributed by atoms with Gasteiger partial charge in [-0.15, -0.1) is 0 Å². The number of hydrogen-bond acceptors (Lipinski definition) is 3. The minimum Gasteiger partial charge on any atom is -0.493 e. The molecular weight excluding hydrogens is 189 g/mol. The van der Waals surface area contributed by atoms with Crippen molar-refractivity contribution < 1.29 is 9.13 Å². The van der Waals surface area contributed by atoms with Gasteiger partial charge in [-0.1, -0.05) is 0 Å². The molecule has 0 saturated heterocycles. The van der Waals surface area contributed by atoms with Crippen LogP contribution in [0.3, 0.4) is 0 Å². The second-order valence-corrected chi connectivity index (χ2v) is 4.18. The van der Waals surface area contributed by atoms with Crippen molar-refractivity contribution in [3.05, 3.63) is 23.5 Å². The van der Waals surface area contributed by atoms with Crippen molar-refractivity contribution in [2.75, 3.05) is 14.2 Å². The molecule has 1 heterocycles. The van der Waals surface area contributed by atoms with E-state index in [2.05, 4.69) is 0 Å². The molecule has 0 spiro atoms. The van der Waals surface area contributed by atoms with Gasteiger partial charge in [0.05, 0.1) is 7.11 Å². The highest BCUT2D eigenvalue weighted by atomic mass is 32.2. The quantitative estimate of drug-likeness (QED) is 0.644. The van der Waals surface area contributed by atoms with Gasteiger partial charge in [0.15, 0.2) is 11.6 Å². The van der Waals surface area contributed by atoms with Gasteiger partial charge < -0.3 is 4.74 Å². The predicted molar refractivity (Wildman–Crippen MR) is 50.3 cm³/mol. The molecule has 70 valence electrons. The van der Waals surface area contributed by atoms with Gasteiger partial charge in [-0.05, 0) is 31.1 Å². The Morgan fingerprint density at radius 2 is 2.31 bits per heavy atom. The van der Waals surface area contributed by atoms with Crippen LogP contribution in [0.4, 0.5) is 4.39 Å². The summed E-state index contributed by atoms with van der Waals surface area (Å²) in [6, 6.07) is 3.24. The van der Waals surface area contributed by atoms with E-state index in [0.717, 1.165) is 17.0 Å². The lowest BCUT2D eigenvalue weighted by molar-refractivity contribution is 0.376. The summed E-state index contributed by atoms with van der Waals surface area (Å²) >= 11 is 1.62. The summed E-state index contributed by atoms with van der Waals surface area (Å²) in [5.41, 5.74) is 0.954. The van der Waals surface area contributed by atoms with Crippen LogP contribution >= 0.6 is 11.9 Å². The fourth-order valence-corrected chi connectivity index (χ4v) is 2.39. The highest BCUT2D eigenvalue weighted by molar-refractivity contribution is 7.97.